The number of nitrogens with one attached hydrogen (secondary N) is 1. The smallest absolute Gasteiger partial charge is 0.342 e. The molecule has 2 fully saturated rings. The summed E-state index contributed by atoms with van der Waals surface area (Å²) in [6, 6.07) is 0.579. The largest absolute Gasteiger partial charge is 0.343 e. The Bertz CT molecular complexity index is 645. The third-order valence-corrected chi connectivity index (χ3v) is 6.15. The number of likely N-dealkylation sites (tertiary alicyclic amines) is 2. The van der Waals surface area contributed by atoms with Crippen LogP contribution >= 0.6 is 0 Å². The molecule has 1 amide bonds. The average molecular weight is 364 g/mol. The van der Waals surface area contributed by atoms with Crippen molar-refractivity contribution in [2.24, 2.45) is 5.92 Å². The van der Waals surface area contributed by atoms with Gasteiger partial charge in [-0.05, 0) is 51.5 Å². The van der Waals surface area contributed by atoms with Crippen LogP contribution in [0.3, 0.4) is 0 Å². The summed E-state index contributed by atoms with van der Waals surface area (Å²) in [6.07, 6.45) is 7.69. The summed E-state index contributed by atoms with van der Waals surface area (Å²) < 4.78 is 1.71. The predicted molar refractivity (Wildman–Crippen MR) is 101 cm³/mol. The maximum Gasteiger partial charge on any atom is 0.343 e. The molecule has 1 aromatic rings. The summed E-state index contributed by atoms with van der Waals surface area (Å²) in [4.78, 5) is 28.8. The highest BCUT2D eigenvalue weighted by Crippen LogP contribution is 2.23. The van der Waals surface area contributed by atoms with Gasteiger partial charge in [-0.25, -0.2) is 9.89 Å². The summed E-state index contributed by atoms with van der Waals surface area (Å²) >= 11 is 0. The second-order valence-electron chi connectivity index (χ2n) is 7.75. The van der Waals surface area contributed by atoms with Crippen LogP contribution in [0.4, 0.5) is 0 Å². The third-order valence-electron chi connectivity index (χ3n) is 6.15. The van der Waals surface area contributed by atoms with Crippen LogP contribution in [0.15, 0.2) is 4.79 Å². The molecule has 1 atom stereocenters. The number of amides is 1. The van der Waals surface area contributed by atoms with E-state index >= 15 is 0 Å². The first kappa shape index (κ1) is 19.1. The van der Waals surface area contributed by atoms with Gasteiger partial charge < -0.3 is 4.90 Å². The van der Waals surface area contributed by atoms with Crippen molar-refractivity contribution < 1.29 is 4.79 Å². The highest BCUT2D eigenvalue weighted by Gasteiger charge is 2.28. The Labute approximate surface area is 155 Å². The Balaban J connectivity index is 1.48. The number of rotatable bonds is 6. The van der Waals surface area contributed by atoms with E-state index in [1.54, 1.807) is 4.57 Å². The van der Waals surface area contributed by atoms with E-state index in [1.807, 2.05) is 11.8 Å². The summed E-state index contributed by atoms with van der Waals surface area (Å²) in [7, 11) is 0. The topological polar surface area (TPSA) is 74.2 Å². The molecule has 1 aromatic heterocycles. The molecule has 7 nitrogen and oxygen atoms in total. The molecular formula is C19H33N5O2. The van der Waals surface area contributed by atoms with Crippen LogP contribution in [0, 0.1) is 5.92 Å². The molecule has 2 aliphatic rings. The number of aromatic amines is 1. The van der Waals surface area contributed by atoms with Gasteiger partial charge in [-0.3, -0.25) is 14.3 Å². The summed E-state index contributed by atoms with van der Waals surface area (Å²) in [6.45, 7) is 8.14. The van der Waals surface area contributed by atoms with E-state index in [2.05, 4.69) is 22.0 Å². The number of hydrogen-bond acceptors (Lipinski definition) is 4. The third kappa shape index (κ3) is 4.37. The van der Waals surface area contributed by atoms with Gasteiger partial charge in [0, 0.05) is 32.1 Å². The highest BCUT2D eigenvalue weighted by atomic mass is 16.2. The van der Waals surface area contributed by atoms with Crippen LogP contribution in [0.2, 0.25) is 0 Å². The minimum Gasteiger partial charge on any atom is -0.342 e. The van der Waals surface area contributed by atoms with E-state index in [4.69, 9.17) is 0 Å². The molecule has 2 saturated heterocycles. The zero-order chi connectivity index (χ0) is 18.5. The minimum absolute atomic E-state index is 0.123. The maximum atomic E-state index is 12.7. The lowest BCUT2D eigenvalue weighted by Gasteiger charge is -2.37. The predicted octanol–water partition coefficient (Wildman–Crippen LogP) is 1.64. The van der Waals surface area contributed by atoms with Crippen molar-refractivity contribution >= 4 is 5.91 Å². The Morgan fingerprint density at radius 2 is 1.92 bits per heavy atom. The van der Waals surface area contributed by atoms with Crippen molar-refractivity contribution in [3.05, 3.63) is 16.3 Å². The molecule has 0 radical (unpaired) electrons. The fourth-order valence-electron chi connectivity index (χ4n) is 4.48. The van der Waals surface area contributed by atoms with Crippen molar-refractivity contribution in [1.29, 1.82) is 0 Å². The second-order valence-corrected chi connectivity index (χ2v) is 7.75. The first-order chi connectivity index (χ1) is 12.6. The van der Waals surface area contributed by atoms with E-state index in [-0.39, 0.29) is 11.6 Å². The van der Waals surface area contributed by atoms with Gasteiger partial charge in [-0.2, -0.15) is 5.10 Å². The molecule has 2 aliphatic heterocycles. The van der Waals surface area contributed by atoms with Crippen LogP contribution in [0.25, 0.3) is 0 Å². The molecule has 0 aromatic carbocycles. The minimum atomic E-state index is -0.123. The molecular weight excluding hydrogens is 330 g/mol. The van der Waals surface area contributed by atoms with Gasteiger partial charge in [-0.15, -0.1) is 0 Å². The van der Waals surface area contributed by atoms with Crippen LogP contribution in [-0.4, -0.2) is 62.7 Å². The molecule has 1 N–H and O–H groups in total. The van der Waals surface area contributed by atoms with Gasteiger partial charge in [-0.1, -0.05) is 13.3 Å². The molecule has 146 valence electrons. The van der Waals surface area contributed by atoms with Crippen molar-refractivity contribution in [2.75, 3.05) is 26.2 Å². The van der Waals surface area contributed by atoms with Gasteiger partial charge in [0.2, 0.25) is 5.91 Å². The molecule has 0 spiro atoms. The molecule has 7 heteroatoms. The van der Waals surface area contributed by atoms with Gasteiger partial charge in [0.25, 0.3) is 0 Å². The van der Waals surface area contributed by atoms with Crippen LogP contribution < -0.4 is 5.69 Å². The summed E-state index contributed by atoms with van der Waals surface area (Å²) in [5, 5.41) is 6.72. The van der Waals surface area contributed by atoms with E-state index in [9.17, 15) is 9.59 Å². The standard InChI is InChI=1S/C19H33N5O2/c1-3-16-7-5-6-10-23(16)14-18(25)22-11-8-15(9-12-22)13-17-20-21-19(26)24(17)4-2/h15-16H,3-14H2,1-2H3,(H,21,26)/t16-/m0/s1. The zero-order valence-electron chi connectivity index (χ0n) is 16.2. The fraction of sp³-hybridized carbons (Fsp3) is 0.842. The normalized spacial score (nSPS) is 22.7. The molecule has 0 aliphatic carbocycles. The molecule has 0 bridgehead atoms. The van der Waals surface area contributed by atoms with E-state index in [0.29, 0.717) is 25.0 Å². The molecule has 0 unspecified atom stereocenters. The lowest BCUT2D eigenvalue weighted by Crippen LogP contribution is -2.48. The van der Waals surface area contributed by atoms with Crippen molar-refractivity contribution in [2.45, 2.75) is 71.4 Å². The van der Waals surface area contributed by atoms with Crippen molar-refractivity contribution in [3.63, 3.8) is 0 Å². The average Bonchev–Trinajstić information content (AvgIpc) is 3.02. The van der Waals surface area contributed by atoms with Crippen LogP contribution in [0.1, 0.15) is 58.2 Å². The molecule has 3 heterocycles. The van der Waals surface area contributed by atoms with Gasteiger partial charge >= 0.3 is 5.69 Å². The monoisotopic (exact) mass is 363 g/mol. The Hall–Kier alpha value is -1.63. The number of hydrogen-bond donors (Lipinski definition) is 1. The number of carbonyl (C=O) groups is 1. The summed E-state index contributed by atoms with van der Waals surface area (Å²) in [5.74, 6) is 1.63. The van der Waals surface area contributed by atoms with E-state index < -0.39 is 0 Å². The summed E-state index contributed by atoms with van der Waals surface area (Å²) in [5.41, 5.74) is -0.123. The Morgan fingerprint density at radius 3 is 2.62 bits per heavy atom. The Kier molecular flexibility index (Phi) is 6.51. The quantitative estimate of drug-likeness (QED) is 0.834. The molecule has 3 rings (SSSR count). The van der Waals surface area contributed by atoms with E-state index in [1.165, 1.54) is 19.3 Å². The number of carbonyl (C=O) groups excluding carboxylic acids is 1. The number of H-pyrrole nitrogens is 1. The fourth-order valence-corrected chi connectivity index (χ4v) is 4.48. The SMILES string of the molecule is CC[C@H]1CCCCN1CC(=O)N1CCC(Cc2n[nH]c(=O)n2CC)CC1. The first-order valence-corrected chi connectivity index (χ1v) is 10.3. The molecule has 0 saturated carbocycles. The van der Waals surface area contributed by atoms with Crippen molar-refractivity contribution in [3.8, 4) is 0 Å². The highest BCUT2D eigenvalue weighted by molar-refractivity contribution is 5.78. The lowest BCUT2D eigenvalue weighted by molar-refractivity contribution is -0.134. The molecule has 26 heavy (non-hydrogen) atoms. The lowest BCUT2D eigenvalue weighted by atomic mass is 9.93. The van der Waals surface area contributed by atoms with Crippen molar-refractivity contribution in [1.82, 2.24) is 24.6 Å². The number of nitrogens with zero attached hydrogens (tertiary/aromatic N) is 4. The number of aromatic nitrogens is 3. The van der Waals surface area contributed by atoms with Crippen LogP contribution in [-0.2, 0) is 17.8 Å². The van der Waals surface area contributed by atoms with Gasteiger partial charge in [0.15, 0.2) is 0 Å². The van der Waals surface area contributed by atoms with E-state index in [0.717, 1.165) is 51.1 Å². The number of piperidine rings is 2. The van der Waals surface area contributed by atoms with Gasteiger partial charge in [0.05, 0.1) is 6.54 Å². The van der Waals surface area contributed by atoms with Gasteiger partial charge in [0.1, 0.15) is 5.82 Å². The Morgan fingerprint density at radius 1 is 1.15 bits per heavy atom. The zero-order valence-corrected chi connectivity index (χ0v) is 16.2. The maximum absolute atomic E-state index is 12.7. The second kappa shape index (κ2) is 8.84. The van der Waals surface area contributed by atoms with Crippen LogP contribution in [0.5, 0.6) is 0 Å². The first-order valence-electron chi connectivity index (χ1n) is 10.3.